The molecule has 3 aliphatic carbocycles. The van der Waals surface area contributed by atoms with Crippen molar-refractivity contribution in [1.82, 2.24) is 35.5 Å². The highest BCUT2D eigenvalue weighted by Crippen LogP contribution is 2.26. The number of nitrogens with zero attached hydrogens (tertiary/aromatic N) is 4. The number of rotatable bonds is 9. The lowest BCUT2D eigenvalue weighted by atomic mass is 10.1. The Hall–Kier alpha value is -5.66. The lowest BCUT2D eigenvalue weighted by molar-refractivity contribution is 0.0697. The highest BCUT2D eigenvalue weighted by molar-refractivity contribution is 5.99. The van der Waals surface area contributed by atoms with Crippen LogP contribution in [-0.2, 0) is 0 Å². The van der Waals surface area contributed by atoms with Crippen molar-refractivity contribution in [2.75, 3.05) is 11.5 Å². The van der Waals surface area contributed by atoms with Gasteiger partial charge in [0.2, 0.25) is 0 Å². The lowest BCUT2D eigenvalue weighted by Gasteiger charge is -2.13. The fourth-order valence-electron chi connectivity index (χ4n) is 5.72. The molecule has 0 atom stereocenters. The smallest absolute Gasteiger partial charge is 0.341 e. The molecule has 256 valence electrons. The van der Waals surface area contributed by atoms with E-state index in [1.807, 2.05) is 19.9 Å². The summed E-state index contributed by atoms with van der Waals surface area (Å²) in [6.45, 7) is 3.77. The van der Waals surface area contributed by atoms with Crippen LogP contribution in [0.15, 0.2) is 48.8 Å². The minimum Gasteiger partial charge on any atom is -0.477 e. The van der Waals surface area contributed by atoms with Crippen LogP contribution in [0.5, 0.6) is 0 Å². The van der Waals surface area contributed by atoms with Gasteiger partial charge in [0.1, 0.15) is 22.8 Å². The molecule has 3 saturated carbocycles. The summed E-state index contributed by atoms with van der Waals surface area (Å²) in [4.78, 5) is 48.1. The molecule has 2 aromatic heterocycles. The number of nitrogens with two attached hydrogens (primary N) is 2. The van der Waals surface area contributed by atoms with Crippen molar-refractivity contribution >= 4 is 35.3 Å². The van der Waals surface area contributed by atoms with E-state index in [2.05, 4.69) is 26.1 Å². The van der Waals surface area contributed by atoms with Crippen molar-refractivity contribution in [2.45, 2.75) is 83.3 Å². The Morgan fingerprint density at radius 1 is 0.653 bits per heavy atom. The van der Waals surface area contributed by atoms with Gasteiger partial charge in [-0.25, -0.2) is 14.2 Å². The Kier molecular flexibility index (Phi) is 9.38. The van der Waals surface area contributed by atoms with E-state index in [0.717, 1.165) is 62.5 Å². The fourth-order valence-corrected chi connectivity index (χ4v) is 5.72. The van der Waals surface area contributed by atoms with Crippen molar-refractivity contribution in [3.63, 3.8) is 0 Å². The Labute approximate surface area is 283 Å². The SMILES string of the molecule is Cc1ccc(C(=O)NC2CC2)cc1-n1ncc(C(=O)NC2CCCC2)c1N.Cc1ccc(C(=O)NC2CC2)cc1-n1ncc(C(=O)O)c1N. The maximum Gasteiger partial charge on any atom is 0.341 e. The van der Waals surface area contributed by atoms with Gasteiger partial charge in [0.15, 0.2) is 0 Å². The number of aryl methyl sites for hydroxylation is 2. The molecule has 0 radical (unpaired) electrons. The van der Waals surface area contributed by atoms with Gasteiger partial charge >= 0.3 is 5.97 Å². The number of nitrogen functional groups attached to an aromatic ring is 2. The summed E-state index contributed by atoms with van der Waals surface area (Å²) in [5.41, 5.74) is 16.5. The van der Waals surface area contributed by atoms with Crippen LogP contribution in [0.3, 0.4) is 0 Å². The van der Waals surface area contributed by atoms with Crippen LogP contribution in [0.25, 0.3) is 11.4 Å². The van der Waals surface area contributed by atoms with Crippen molar-refractivity contribution in [1.29, 1.82) is 0 Å². The predicted molar refractivity (Wildman–Crippen MR) is 183 cm³/mol. The van der Waals surface area contributed by atoms with Gasteiger partial charge in [0, 0.05) is 29.3 Å². The summed E-state index contributed by atoms with van der Waals surface area (Å²) in [5, 5.41) is 26.3. The van der Waals surface area contributed by atoms with Crippen molar-refractivity contribution in [3.05, 3.63) is 82.2 Å². The number of anilines is 2. The van der Waals surface area contributed by atoms with E-state index in [0.29, 0.717) is 34.1 Å². The first-order chi connectivity index (χ1) is 23.5. The van der Waals surface area contributed by atoms with E-state index in [1.54, 1.807) is 30.3 Å². The third-order valence-corrected chi connectivity index (χ3v) is 9.00. The van der Waals surface area contributed by atoms with Gasteiger partial charge in [-0.2, -0.15) is 10.2 Å². The number of aromatic carboxylic acids is 1. The fraction of sp³-hybridized carbons (Fsp3) is 0.371. The first kappa shape index (κ1) is 33.2. The first-order valence-corrected chi connectivity index (χ1v) is 16.5. The number of nitrogens with one attached hydrogen (secondary N) is 3. The number of carboxylic acids is 1. The van der Waals surface area contributed by atoms with Crippen LogP contribution < -0.4 is 27.4 Å². The Balaban J connectivity index is 0.000000174. The lowest BCUT2D eigenvalue weighted by Crippen LogP contribution is -2.32. The monoisotopic (exact) mass is 667 g/mol. The summed E-state index contributed by atoms with van der Waals surface area (Å²) in [7, 11) is 0. The van der Waals surface area contributed by atoms with Gasteiger partial charge in [-0.3, -0.25) is 14.4 Å². The molecule has 3 aliphatic rings. The van der Waals surface area contributed by atoms with E-state index in [9.17, 15) is 19.2 Å². The minimum atomic E-state index is -1.14. The zero-order valence-corrected chi connectivity index (χ0v) is 27.5. The van der Waals surface area contributed by atoms with E-state index in [4.69, 9.17) is 16.6 Å². The molecular formula is C35H41N9O5. The van der Waals surface area contributed by atoms with Gasteiger partial charge in [-0.05, 0) is 87.8 Å². The maximum atomic E-state index is 12.5. The molecule has 14 nitrogen and oxygen atoms in total. The predicted octanol–water partition coefficient (Wildman–Crippen LogP) is 3.68. The summed E-state index contributed by atoms with van der Waals surface area (Å²) in [6, 6.07) is 11.4. The van der Waals surface area contributed by atoms with Crippen molar-refractivity contribution in [3.8, 4) is 11.4 Å². The molecule has 14 heteroatoms. The average Bonchev–Trinajstić information content (AvgIpc) is 3.93. The van der Waals surface area contributed by atoms with Gasteiger partial charge in [-0.15, -0.1) is 0 Å². The molecule has 3 amide bonds. The molecule has 0 spiro atoms. The molecule has 0 unspecified atom stereocenters. The summed E-state index contributed by atoms with van der Waals surface area (Å²) >= 11 is 0. The number of aromatic nitrogens is 4. The third-order valence-electron chi connectivity index (χ3n) is 9.00. The minimum absolute atomic E-state index is 0.0374. The second-order valence-electron chi connectivity index (χ2n) is 13.0. The average molecular weight is 668 g/mol. The molecule has 0 bridgehead atoms. The van der Waals surface area contributed by atoms with Crippen LogP contribution in [0, 0.1) is 13.8 Å². The van der Waals surface area contributed by atoms with Gasteiger partial charge in [0.25, 0.3) is 17.7 Å². The Morgan fingerprint density at radius 2 is 1.06 bits per heavy atom. The van der Waals surface area contributed by atoms with Crippen molar-refractivity contribution < 1.29 is 24.3 Å². The van der Waals surface area contributed by atoms with E-state index < -0.39 is 5.97 Å². The number of benzene rings is 2. The van der Waals surface area contributed by atoms with Crippen molar-refractivity contribution in [2.24, 2.45) is 0 Å². The molecule has 2 aromatic carbocycles. The number of hydrogen-bond acceptors (Lipinski definition) is 8. The van der Waals surface area contributed by atoms with Crippen LogP contribution in [-0.4, -0.2) is 66.5 Å². The first-order valence-electron chi connectivity index (χ1n) is 16.5. The molecule has 4 aromatic rings. The number of amides is 3. The Bertz CT molecular complexity index is 1920. The Morgan fingerprint density at radius 3 is 1.49 bits per heavy atom. The standard InChI is InChI=1S/C20H25N5O2.C15H16N4O3/c1-12-6-7-13(19(26)23-15-8-9-15)10-17(12)25-18(21)16(11-22-25)20(27)24-14-4-2-3-5-14;1-8-2-3-9(14(20)18-10-4-5-10)6-12(8)19-13(16)11(7-17-19)15(21)22/h6-7,10-11,14-15H,2-5,8-9,21H2,1H3,(H,23,26)(H,24,27);2-3,6-7,10H,4-5,16H2,1H3,(H,18,20)(H,21,22). The maximum absolute atomic E-state index is 12.5. The molecule has 2 heterocycles. The van der Waals surface area contributed by atoms with Crippen LogP contribution >= 0.6 is 0 Å². The summed E-state index contributed by atoms with van der Waals surface area (Å²) < 4.78 is 2.87. The van der Waals surface area contributed by atoms with E-state index in [-0.39, 0.29) is 47.0 Å². The summed E-state index contributed by atoms with van der Waals surface area (Å²) in [5.74, 6) is -1.24. The normalized spacial score (nSPS) is 15.6. The number of carboxylic acid groups (broad SMARTS) is 1. The molecule has 7 rings (SSSR count). The molecular weight excluding hydrogens is 626 g/mol. The largest absolute Gasteiger partial charge is 0.477 e. The number of carbonyl (C=O) groups excluding carboxylic acids is 3. The highest BCUT2D eigenvalue weighted by Gasteiger charge is 2.26. The topological polar surface area (TPSA) is 212 Å². The molecule has 8 N–H and O–H groups in total. The summed E-state index contributed by atoms with van der Waals surface area (Å²) in [6.07, 6.45) is 11.1. The van der Waals surface area contributed by atoms with Crippen LogP contribution in [0.1, 0.15) is 104 Å². The second-order valence-corrected chi connectivity index (χ2v) is 13.0. The quantitative estimate of drug-likeness (QED) is 0.153. The molecule has 0 aliphatic heterocycles. The highest BCUT2D eigenvalue weighted by atomic mass is 16.4. The van der Waals surface area contributed by atoms with E-state index >= 15 is 0 Å². The molecule has 3 fully saturated rings. The van der Waals surface area contributed by atoms with Gasteiger partial charge in [-0.1, -0.05) is 25.0 Å². The number of carbonyl (C=O) groups is 4. The van der Waals surface area contributed by atoms with Gasteiger partial charge in [0.05, 0.1) is 23.8 Å². The van der Waals surface area contributed by atoms with Crippen LogP contribution in [0.2, 0.25) is 0 Å². The third kappa shape index (κ3) is 7.58. The van der Waals surface area contributed by atoms with Gasteiger partial charge < -0.3 is 32.5 Å². The zero-order valence-electron chi connectivity index (χ0n) is 27.5. The van der Waals surface area contributed by atoms with Crippen LogP contribution in [0.4, 0.5) is 11.6 Å². The van der Waals surface area contributed by atoms with E-state index in [1.165, 1.54) is 21.8 Å². The number of hydrogen-bond donors (Lipinski definition) is 6. The molecule has 0 saturated heterocycles. The second kappa shape index (κ2) is 13.8. The molecule has 49 heavy (non-hydrogen) atoms. The zero-order chi connectivity index (χ0) is 34.8.